The number of carbonyl (C=O) groups excluding carboxylic acids is 2. The van der Waals surface area contributed by atoms with Crippen LogP contribution in [0, 0.1) is 11.3 Å². The van der Waals surface area contributed by atoms with Crippen molar-refractivity contribution < 1.29 is 9.59 Å². The van der Waals surface area contributed by atoms with E-state index in [-0.39, 0.29) is 11.5 Å². The number of hydrogen-bond acceptors (Lipinski definition) is 4. The predicted molar refractivity (Wildman–Crippen MR) is 131 cm³/mol. The number of nitriles is 1. The van der Waals surface area contributed by atoms with Crippen molar-refractivity contribution in [3.8, 4) is 6.07 Å². The molecule has 0 aliphatic carbocycles. The number of para-hydroxylation sites is 1. The summed E-state index contributed by atoms with van der Waals surface area (Å²) in [5.41, 5.74) is 2.11. The molecule has 158 valence electrons. The van der Waals surface area contributed by atoms with E-state index in [2.05, 4.69) is 21.2 Å². The smallest absolute Gasteiger partial charge is 0.269 e. The van der Waals surface area contributed by atoms with Gasteiger partial charge in [-0.15, -0.1) is 0 Å². The number of thioether (sulfide) groups is 1. The topological polar surface area (TPSA) is 73.2 Å². The molecule has 0 aromatic heterocycles. The van der Waals surface area contributed by atoms with E-state index >= 15 is 0 Å². The molecule has 1 aliphatic rings. The molecule has 2 amide bonds. The van der Waals surface area contributed by atoms with E-state index in [0.717, 1.165) is 10.0 Å². The molecule has 0 saturated carbocycles. The Bertz CT molecular complexity index is 1210. The summed E-state index contributed by atoms with van der Waals surface area (Å²) in [6.07, 6.45) is 0.500. The Morgan fingerprint density at radius 3 is 2.25 bits per heavy atom. The second-order valence-corrected chi connectivity index (χ2v) is 9.17. The summed E-state index contributed by atoms with van der Waals surface area (Å²) in [4.78, 5) is 27.9. The average Bonchev–Trinajstić information content (AvgIpc) is 3.12. The minimum absolute atomic E-state index is 0.0920. The van der Waals surface area contributed by atoms with Crippen LogP contribution in [-0.4, -0.2) is 17.1 Å². The Morgan fingerprint density at radius 1 is 1.00 bits per heavy atom. The van der Waals surface area contributed by atoms with Crippen LogP contribution in [0.1, 0.15) is 5.56 Å². The maximum absolute atomic E-state index is 13.4. The summed E-state index contributed by atoms with van der Waals surface area (Å²) in [6, 6.07) is 27.9. The lowest BCUT2D eigenvalue weighted by Crippen LogP contribution is -2.30. The van der Waals surface area contributed by atoms with E-state index < -0.39 is 11.2 Å². The average molecular weight is 504 g/mol. The first-order chi connectivity index (χ1) is 15.6. The van der Waals surface area contributed by atoms with Gasteiger partial charge in [-0.2, -0.15) is 5.26 Å². The van der Waals surface area contributed by atoms with E-state index in [9.17, 15) is 14.9 Å². The van der Waals surface area contributed by atoms with E-state index in [4.69, 9.17) is 0 Å². The lowest BCUT2D eigenvalue weighted by molar-refractivity contribution is -0.117. The highest BCUT2D eigenvalue weighted by molar-refractivity contribution is 9.10. The molecule has 0 unspecified atom stereocenters. The summed E-state index contributed by atoms with van der Waals surface area (Å²) in [7, 11) is 0. The summed E-state index contributed by atoms with van der Waals surface area (Å²) in [5.74, 6) is -0.701. The van der Waals surface area contributed by atoms with Crippen molar-refractivity contribution in [2.75, 3.05) is 10.2 Å². The van der Waals surface area contributed by atoms with E-state index in [0.29, 0.717) is 22.8 Å². The Balaban J connectivity index is 1.73. The molecule has 7 heteroatoms. The van der Waals surface area contributed by atoms with E-state index in [1.807, 2.05) is 54.6 Å². The molecule has 5 nitrogen and oxygen atoms in total. The summed E-state index contributed by atoms with van der Waals surface area (Å²) in [5, 5.41) is 12.5. The van der Waals surface area contributed by atoms with Gasteiger partial charge < -0.3 is 5.32 Å². The van der Waals surface area contributed by atoms with Crippen LogP contribution >= 0.6 is 27.7 Å². The highest BCUT2D eigenvalue weighted by atomic mass is 79.9. The third-order valence-corrected chi connectivity index (χ3v) is 6.68. The molecule has 0 spiro atoms. The Labute approximate surface area is 198 Å². The number of rotatable bonds is 5. The summed E-state index contributed by atoms with van der Waals surface area (Å²) in [6.45, 7) is 0. The Morgan fingerprint density at radius 2 is 1.62 bits per heavy atom. The van der Waals surface area contributed by atoms with Crippen LogP contribution in [0.3, 0.4) is 0 Å². The van der Waals surface area contributed by atoms with Crippen molar-refractivity contribution in [3.63, 3.8) is 0 Å². The van der Waals surface area contributed by atoms with Crippen molar-refractivity contribution in [3.05, 3.63) is 106 Å². The van der Waals surface area contributed by atoms with Gasteiger partial charge in [0, 0.05) is 15.8 Å². The van der Waals surface area contributed by atoms with Gasteiger partial charge in [0.2, 0.25) is 5.91 Å². The number of hydrogen-bond donors (Lipinski definition) is 1. The maximum atomic E-state index is 13.4. The SMILES string of the molecule is N#C/C(C(=O)Nc1ccccc1)=C1/S[C@H](Cc2ccccc2)C(=O)N1c1ccc(Br)cc1. The van der Waals surface area contributed by atoms with Gasteiger partial charge in [0.1, 0.15) is 16.7 Å². The molecular formula is C25H18BrN3O2S. The summed E-state index contributed by atoms with van der Waals surface area (Å²) < 4.78 is 0.870. The van der Waals surface area contributed by atoms with Crippen LogP contribution in [0.15, 0.2) is 100 Å². The zero-order valence-electron chi connectivity index (χ0n) is 16.9. The molecule has 32 heavy (non-hydrogen) atoms. The van der Waals surface area contributed by atoms with E-state index in [1.165, 1.54) is 16.7 Å². The first kappa shape index (κ1) is 21.9. The summed E-state index contributed by atoms with van der Waals surface area (Å²) >= 11 is 4.66. The lowest BCUT2D eigenvalue weighted by atomic mass is 10.1. The number of benzene rings is 3. The standard InChI is InChI=1S/C25H18BrN3O2S/c26-18-11-13-20(14-12-18)29-24(31)22(15-17-7-3-1-4-8-17)32-25(29)21(16-27)23(30)28-19-9-5-2-6-10-19/h1-14,22H,15H2,(H,28,30)/b25-21-/t22-/m1/s1. The largest absolute Gasteiger partial charge is 0.321 e. The molecule has 1 aliphatic heterocycles. The van der Waals surface area contributed by atoms with Crippen molar-refractivity contribution in [2.45, 2.75) is 11.7 Å². The van der Waals surface area contributed by atoms with Gasteiger partial charge in [-0.25, -0.2) is 0 Å². The van der Waals surface area contributed by atoms with Crippen molar-refractivity contribution >= 4 is 50.9 Å². The molecule has 1 fully saturated rings. The number of nitrogens with one attached hydrogen (secondary N) is 1. The van der Waals surface area contributed by atoms with Gasteiger partial charge >= 0.3 is 0 Å². The zero-order valence-corrected chi connectivity index (χ0v) is 19.3. The van der Waals surface area contributed by atoms with Gasteiger partial charge in [-0.05, 0) is 48.4 Å². The molecule has 0 bridgehead atoms. The Kier molecular flexibility index (Phi) is 6.74. The van der Waals surface area contributed by atoms with Crippen LogP contribution in [0.4, 0.5) is 11.4 Å². The number of amides is 2. The molecule has 3 aromatic rings. The van der Waals surface area contributed by atoms with Crippen LogP contribution in [0.25, 0.3) is 0 Å². The number of nitrogens with zero attached hydrogens (tertiary/aromatic N) is 2. The normalized spacial score (nSPS) is 17.1. The molecule has 3 aromatic carbocycles. The quantitative estimate of drug-likeness (QED) is 0.367. The van der Waals surface area contributed by atoms with Crippen molar-refractivity contribution in [1.29, 1.82) is 5.26 Å². The maximum Gasteiger partial charge on any atom is 0.269 e. The molecule has 1 heterocycles. The van der Waals surface area contributed by atoms with E-state index in [1.54, 1.807) is 36.4 Å². The van der Waals surface area contributed by atoms with Gasteiger partial charge in [0.05, 0.1) is 5.25 Å². The predicted octanol–water partition coefficient (Wildman–Crippen LogP) is 5.51. The fourth-order valence-corrected chi connectivity index (χ4v) is 4.93. The highest BCUT2D eigenvalue weighted by Crippen LogP contribution is 2.42. The van der Waals surface area contributed by atoms with Gasteiger partial charge in [-0.1, -0.05) is 76.2 Å². The van der Waals surface area contributed by atoms with Gasteiger partial charge in [0.25, 0.3) is 5.91 Å². The monoisotopic (exact) mass is 503 g/mol. The second-order valence-electron chi connectivity index (χ2n) is 7.06. The number of anilines is 2. The zero-order chi connectivity index (χ0) is 22.5. The van der Waals surface area contributed by atoms with Crippen LogP contribution in [0.2, 0.25) is 0 Å². The number of halogens is 1. The van der Waals surface area contributed by atoms with Crippen molar-refractivity contribution in [1.82, 2.24) is 0 Å². The molecule has 1 atom stereocenters. The first-order valence-electron chi connectivity index (χ1n) is 9.87. The van der Waals surface area contributed by atoms with Crippen molar-refractivity contribution in [2.24, 2.45) is 0 Å². The van der Waals surface area contributed by atoms with Gasteiger partial charge in [0.15, 0.2) is 0 Å². The molecule has 1 N–H and O–H groups in total. The molecular weight excluding hydrogens is 486 g/mol. The van der Waals surface area contributed by atoms with Crippen LogP contribution in [0.5, 0.6) is 0 Å². The second kappa shape index (κ2) is 9.86. The fourth-order valence-electron chi connectivity index (χ4n) is 3.36. The third kappa shape index (κ3) is 4.77. The fraction of sp³-hybridized carbons (Fsp3) is 0.0800. The number of carbonyl (C=O) groups is 2. The molecule has 4 rings (SSSR count). The van der Waals surface area contributed by atoms with Crippen LogP contribution < -0.4 is 10.2 Å². The minimum atomic E-state index is -0.545. The minimum Gasteiger partial charge on any atom is -0.321 e. The first-order valence-corrected chi connectivity index (χ1v) is 11.5. The van der Waals surface area contributed by atoms with Crippen LogP contribution in [-0.2, 0) is 16.0 Å². The Hall–Kier alpha value is -3.34. The molecule has 1 saturated heterocycles. The highest BCUT2D eigenvalue weighted by Gasteiger charge is 2.40. The lowest BCUT2D eigenvalue weighted by Gasteiger charge is -2.19. The third-order valence-electron chi connectivity index (χ3n) is 4.89. The van der Waals surface area contributed by atoms with Gasteiger partial charge in [-0.3, -0.25) is 14.5 Å². The molecule has 0 radical (unpaired) electrons.